The van der Waals surface area contributed by atoms with Crippen molar-refractivity contribution >= 4 is 23.4 Å². The third-order valence-electron chi connectivity index (χ3n) is 3.07. The van der Waals surface area contributed by atoms with Crippen molar-refractivity contribution in [3.63, 3.8) is 0 Å². The van der Waals surface area contributed by atoms with Gasteiger partial charge >= 0.3 is 0 Å². The first-order valence-electron chi connectivity index (χ1n) is 6.41. The van der Waals surface area contributed by atoms with Gasteiger partial charge in [0.25, 0.3) is 0 Å². The number of thioether (sulfide) groups is 1. The Labute approximate surface area is 132 Å². The predicted octanol–water partition coefficient (Wildman–Crippen LogP) is 3.82. The molecule has 3 aromatic rings. The van der Waals surface area contributed by atoms with Crippen molar-refractivity contribution in [1.29, 1.82) is 0 Å². The summed E-state index contributed by atoms with van der Waals surface area (Å²) in [6.07, 6.45) is 3.53. The predicted molar refractivity (Wildman–Crippen MR) is 85.2 cm³/mol. The molecule has 0 unspecified atom stereocenters. The van der Waals surface area contributed by atoms with Crippen molar-refractivity contribution in [2.45, 2.75) is 10.9 Å². The minimum atomic E-state index is 0.763. The zero-order valence-electron chi connectivity index (χ0n) is 11.4. The molecule has 21 heavy (non-hydrogen) atoms. The highest BCUT2D eigenvalue weighted by molar-refractivity contribution is 7.98. The van der Waals surface area contributed by atoms with Crippen LogP contribution in [0.5, 0.6) is 0 Å². The summed E-state index contributed by atoms with van der Waals surface area (Å²) in [5.74, 6) is 1.57. The van der Waals surface area contributed by atoms with Crippen molar-refractivity contribution in [3.05, 3.63) is 59.4 Å². The maximum Gasteiger partial charge on any atom is 0.191 e. The molecular formula is C15H13ClN4S. The molecule has 0 fully saturated rings. The summed E-state index contributed by atoms with van der Waals surface area (Å²) in [4.78, 5) is 4.11. The molecule has 0 saturated heterocycles. The van der Waals surface area contributed by atoms with Gasteiger partial charge in [-0.3, -0.25) is 4.98 Å². The highest BCUT2D eigenvalue weighted by Crippen LogP contribution is 2.27. The Hall–Kier alpha value is -1.85. The van der Waals surface area contributed by atoms with Gasteiger partial charge in [-0.1, -0.05) is 41.6 Å². The maximum atomic E-state index is 6.17. The molecule has 0 N–H and O–H groups in total. The fourth-order valence-electron chi connectivity index (χ4n) is 1.94. The van der Waals surface area contributed by atoms with E-state index in [-0.39, 0.29) is 0 Å². The van der Waals surface area contributed by atoms with E-state index in [1.54, 1.807) is 24.2 Å². The Bertz CT molecular complexity index is 742. The van der Waals surface area contributed by atoms with Crippen molar-refractivity contribution in [1.82, 2.24) is 19.7 Å². The molecule has 0 radical (unpaired) electrons. The van der Waals surface area contributed by atoms with E-state index >= 15 is 0 Å². The van der Waals surface area contributed by atoms with Crippen LogP contribution < -0.4 is 0 Å². The lowest BCUT2D eigenvalue weighted by molar-refractivity contribution is 0.793. The van der Waals surface area contributed by atoms with E-state index in [4.69, 9.17) is 11.6 Å². The van der Waals surface area contributed by atoms with Crippen LogP contribution >= 0.6 is 23.4 Å². The lowest BCUT2D eigenvalue weighted by atomic mass is 10.2. The van der Waals surface area contributed by atoms with Gasteiger partial charge in [0.2, 0.25) is 0 Å². The molecular weight excluding hydrogens is 304 g/mol. The molecule has 4 nitrogen and oxygen atoms in total. The van der Waals surface area contributed by atoms with E-state index in [1.807, 2.05) is 48.0 Å². The van der Waals surface area contributed by atoms with Crippen LogP contribution in [0.25, 0.3) is 11.4 Å². The molecule has 0 spiro atoms. The minimum Gasteiger partial charge on any atom is -0.305 e. The fourth-order valence-corrected chi connectivity index (χ4v) is 3.14. The number of hydrogen-bond acceptors (Lipinski definition) is 4. The summed E-state index contributed by atoms with van der Waals surface area (Å²) in [7, 11) is 1.96. The first-order valence-corrected chi connectivity index (χ1v) is 7.78. The number of aromatic nitrogens is 4. The number of pyridine rings is 1. The van der Waals surface area contributed by atoms with Crippen LogP contribution in [0.4, 0.5) is 0 Å². The largest absolute Gasteiger partial charge is 0.305 e. The second kappa shape index (κ2) is 6.28. The van der Waals surface area contributed by atoms with Crippen LogP contribution in [0.3, 0.4) is 0 Å². The van der Waals surface area contributed by atoms with Gasteiger partial charge < -0.3 is 4.57 Å². The van der Waals surface area contributed by atoms with Gasteiger partial charge in [0.15, 0.2) is 11.0 Å². The number of nitrogens with zero attached hydrogens (tertiary/aromatic N) is 4. The van der Waals surface area contributed by atoms with Crippen LogP contribution in [0.15, 0.2) is 53.9 Å². The van der Waals surface area contributed by atoms with E-state index in [1.165, 1.54) is 0 Å². The number of halogens is 1. The van der Waals surface area contributed by atoms with Gasteiger partial charge in [-0.15, -0.1) is 10.2 Å². The summed E-state index contributed by atoms with van der Waals surface area (Å²) in [5, 5.41) is 10.1. The molecule has 3 rings (SSSR count). The number of benzene rings is 1. The second-order valence-electron chi connectivity index (χ2n) is 4.49. The van der Waals surface area contributed by atoms with Crippen molar-refractivity contribution in [2.75, 3.05) is 0 Å². The van der Waals surface area contributed by atoms with E-state index in [0.717, 1.165) is 32.9 Å². The Morgan fingerprint density at radius 2 is 2.00 bits per heavy atom. The fraction of sp³-hybridized carbons (Fsp3) is 0.133. The van der Waals surface area contributed by atoms with Gasteiger partial charge in [0, 0.05) is 35.8 Å². The second-order valence-corrected chi connectivity index (χ2v) is 5.84. The molecule has 2 aromatic heterocycles. The lowest BCUT2D eigenvalue weighted by Crippen LogP contribution is -1.95. The Morgan fingerprint density at radius 3 is 2.76 bits per heavy atom. The van der Waals surface area contributed by atoms with E-state index in [9.17, 15) is 0 Å². The monoisotopic (exact) mass is 316 g/mol. The standard InChI is InChI=1S/C15H13ClN4S/c1-20-14(11-6-4-8-17-9-11)18-19-15(20)21-10-12-5-2-3-7-13(12)16/h2-9H,10H2,1H3. The SMILES string of the molecule is Cn1c(SCc2ccccc2Cl)nnc1-c1cccnc1. The smallest absolute Gasteiger partial charge is 0.191 e. The molecule has 0 aliphatic rings. The first-order chi connectivity index (χ1) is 10.3. The Kier molecular flexibility index (Phi) is 4.22. The zero-order valence-corrected chi connectivity index (χ0v) is 13.0. The van der Waals surface area contributed by atoms with Crippen molar-refractivity contribution in [3.8, 4) is 11.4 Å². The average molecular weight is 317 g/mol. The molecule has 0 aliphatic carbocycles. The van der Waals surface area contributed by atoms with Gasteiger partial charge in [-0.2, -0.15) is 0 Å². The topological polar surface area (TPSA) is 43.6 Å². The third-order valence-corrected chi connectivity index (χ3v) is 4.51. The zero-order chi connectivity index (χ0) is 14.7. The summed E-state index contributed by atoms with van der Waals surface area (Å²) in [6.45, 7) is 0. The highest BCUT2D eigenvalue weighted by atomic mass is 35.5. The number of hydrogen-bond donors (Lipinski definition) is 0. The molecule has 0 amide bonds. The molecule has 0 bridgehead atoms. The van der Waals surface area contributed by atoms with Gasteiger partial charge in [-0.05, 0) is 23.8 Å². The Morgan fingerprint density at radius 1 is 1.14 bits per heavy atom. The molecule has 2 heterocycles. The van der Waals surface area contributed by atoms with E-state index in [0.29, 0.717) is 0 Å². The number of rotatable bonds is 4. The van der Waals surface area contributed by atoms with Crippen molar-refractivity contribution < 1.29 is 0 Å². The molecule has 1 aromatic carbocycles. The normalized spacial score (nSPS) is 10.8. The van der Waals surface area contributed by atoms with Crippen LogP contribution in [0.1, 0.15) is 5.56 Å². The minimum absolute atomic E-state index is 0.763. The summed E-state index contributed by atoms with van der Waals surface area (Å²) in [5.41, 5.74) is 2.05. The quantitative estimate of drug-likeness (QED) is 0.686. The summed E-state index contributed by atoms with van der Waals surface area (Å²) < 4.78 is 1.97. The van der Waals surface area contributed by atoms with Crippen LogP contribution in [0, 0.1) is 0 Å². The molecule has 0 atom stereocenters. The lowest BCUT2D eigenvalue weighted by Gasteiger charge is -2.05. The van der Waals surface area contributed by atoms with Crippen molar-refractivity contribution in [2.24, 2.45) is 7.05 Å². The summed E-state index contributed by atoms with van der Waals surface area (Å²) >= 11 is 7.78. The summed E-state index contributed by atoms with van der Waals surface area (Å²) in [6, 6.07) is 11.7. The molecule has 0 aliphatic heterocycles. The third kappa shape index (κ3) is 3.09. The maximum absolute atomic E-state index is 6.17. The highest BCUT2D eigenvalue weighted by Gasteiger charge is 2.11. The van der Waals surface area contributed by atoms with Gasteiger partial charge in [0.1, 0.15) is 0 Å². The molecule has 6 heteroatoms. The van der Waals surface area contributed by atoms with Crippen LogP contribution in [-0.4, -0.2) is 19.7 Å². The van der Waals surface area contributed by atoms with Gasteiger partial charge in [-0.25, -0.2) is 0 Å². The first kappa shape index (κ1) is 14.1. The average Bonchev–Trinajstić information content (AvgIpc) is 2.88. The van der Waals surface area contributed by atoms with Crippen LogP contribution in [-0.2, 0) is 12.8 Å². The Balaban J connectivity index is 1.79. The molecule has 0 saturated carbocycles. The van der Waals surface area contributed by atoms with E-state index in [2.05, 4.69) is 15.2 Å². The van der Waals surface area contributed by atoms with E-state index < -0.39 is 0 Å². The molecule has 106 valence electrons. The van der Waals surface area contributed by atoms with Gasteiger partial charge in [0.05, 0.1) is 0 Å². The van der Waals surface area contributed by atoms with Crippen LogP contribution in [0.2, 0.25) is 5.02 Å².